The molecule has 8 nitrogen and oxygen atoms in total. The van der Waals surface area contributed by atoms with Gasteiger partial charge in [0.1, 0.15) is 17.5 Å². The third-order valence-corrected chi connectivity index (χ3v) is 5.63. The van der Waals surface area contributed by atoms with E-state index in [2.05, 4.69) is 22.3 Å². The van der Waals surface area contributed by atoms with Crippen LogP contribution in [0.2, 0.25) is 5.02 Å². The number of amides is 1. The van der Waals surface area contributed by atoms with Crippen molar-refractivity contribution in [1.29, 1.82) is 0 Å². The van der Waals surface area contributed by atoms with Gasteiger partial charge in [-0.3, -0.25) is 14.2 Å². The van der Waals surface area contributed by atoms with Gasteiger partial charge >= 0.3 is 0 Å². The van der Waals surface area contributed by atoms with Gasteiger partial charge in [0, 0.05) is 17.1 Å². The van der Waals surface area contributed by atoms with Crippen molar-refractivity contribution in [3.05, 3.63) is 87.6 Å². The first kappa shape index (κ1) is 23.5. The lowest BCUT2D eigenvalue weighted by Crippen LogP contribution is -2.27. The second-order valence-electron chi connectivity index (χ2n) is 7.89. The molecule has 2 aromatic heterocycles. The fraction of sp³-hybridized carbons (Fsp3) is 0.280. The summed E-state index contributed by atoms with van der Waals surface area (Å²) in [6.07, 6.45) is 5.10. The zero-order valence-electron chi connectivity index (χ0n) is 18.9. The zero-order valence-corrected chi connectivity index (χ0v) is 19.7. The number of ether oxygens (including phenoxy) is 1. The maximum atomic E-state index is 12.9. The highest BCUT2D eigenvalue weighted by Gasteiger charge is 2.11. The van der Waals surface area contributed by atoms with E-state index in [1.165, 1.54) is 17.1 Å². The molecular formula is C25H26ClN5O3. The van der Waals surface area contributed by atoms with Crippen LogP contribution in [-0.4, -0.2) is 38.4 Å². The average molecular weight is 480 g/mol. The summed E-state index contributed by atoms with van der Waals surface area (Å²) in [6, 6.07) is 14.4. The van der Waals surface area contributed by atoms with Gasteiger partial charge < -0.3 is 10.1 Å². The van der Waals surface area contributed by atoms with E-state index in [1.54, 1.807) is 41.1 Å². The summed E-state index contributed by atoms with van der Waals surface area (Å²) >= 11 is 5.93. The van der Waals surface area contributed by atoms with Gasteiger partial charge in [0.05, 0.1) is 25.9 Å². The molecule has 0 aliphatic heterocycles. The smallest absolute Gasteiger partial charge is 0.264 e. The molecule has 0 aliphatic carbocycles. The molecule has 0 atom stereocenters. The molecule has 0 spiro atoms. The van der Waals surface area contributed by atoms with Crippen molar-refractivity contribution in [1.82, 2.24) is 24.6 Å². The molecule has 34 heavy (non-hydrogen) atoms. The normalized spacial score (nSPS) is 11.0. The Bertz CT molecular complexity index is 1310. The van der Waals surface area contributed by atoms with Gasteiger partial charge in [0.25, 0.3) is 11.5 Å². The van der Waals surface area contributed by atoms with Gasteiger partial charge in [0.2, 0.25) is 0 Å². The number of halogens is 1. The van der Waals surface area contributed by atoms with Gasteiger partial charge in [0.15, 0.2) is 5.65 Å². The Labute approximate surface area is 202 Å². The van der Waals surface area contributed by atoms with E-state index in [0.717, 1.165) is 24.2 Å². The number of nitrogens with one attached hydrogen (secondary N) is 1. The quantitative estimate of drug-likeness (QED) is 0.348. The molecule has 4 aromatic rings. The Hall–Kier alpha value is -3.65. The zero-order chi connectivity index (χ0) is 23.9. The van der Waals surface area contributed by atoms with Crippen LogP contribution in [0, 0.1) is 0 Å². The minimum atomic E-state index is -0.185. The topological polar surface area (TPSA) is 91.0 Å². The van der Waals surface area contributed by atoms with Gasteiger partial charge in [-0.1, -0.05) is 37.1 Å². The number of aromatic nitrogens is 4. The number of fused-ring (bicyclic) bond motifs is 1. The number of hydrogen-bond donors (Lipinski definition) is 1. The van der Waals surface area contributed by atoms with Gasteiger partial charge in [-0.2, -0.15) is 5.10 Å². The fourth-order valence-corrected chi connectivity index (χ4v) is 3.60. The van der Waals surface area contributed by atoms with Crippen LogP contribution in [-0.2, 0) is 13.1 Å². The highest BCUT2D eigenvalue weighted by atomic mass is 35.5. The van der Waals surface area contributed by atoms with Crippen LogP contribution in [0.3, 0.4) is 0 Å². The Morgan fingerprint density at radius 1 is 1.12 bits per heavy atom. The maximum absolute atomic E-state index is 12.9. The van der Waals surface area contributed by atoms with Gasteiger partial charge in [-0.15, -0.1) is 0 Å². The summed E-state index contributed by atoms with van der Waals surface area (Å²) in [5, 5.41) is 8.24. The van der Waals surface area contributed by atoms with E-state index in [4.69, 9.17) is 16.3 Å². The van der Waals surface area contributed by atoms with Gasteiger partial charge in [-0.25, -0.2) is 9.67 Å². The molecule has 0 bridgehead atoms. The summed E-state index contributed by atoms with van der Waals surface area (Å²) < 4.78 is 8.78. The third-order valence-electron chi connectivity index (χ3n) is 5.38. The minimum absolute atomic E-state index is 0.170. The number of carbonyl (C=O) groups excluding carboxylic acids is 1. The van der Waals surface area contributed by atoms with E-state index in [0.29, 0.717) is 47.9 Å². The Balaban J connectivity index is 1.35. The highest BCUT2D eigenvalue weighted by molar-refractivity contribution is 6.30. The number of rotatable bonds is 10. The molecule has 0 fully saturated rings. The number of unbranched alkanes of at least 4 members (excludes halogenated alkanes) is 1. The van der Waals surface area contributed by atoms with Crippen molar-refractivity contribution in [3.8, 4) is 5.75 Å². The summed E-state index contributed by atoms with van der Waals surface area (Å²) in [4.78, 5) is 29.7. The van der Waals surface area contributed by atoms with Crippen LogP contribution in [0.1, 0.15) is 35.7 Å². The molecular weight excluding hydrogens is 454 g/mol. The lowest BCUT2D eigenvalue weighted by Gasteiger charge is -2.09. The van der Waals surface area contributed by atoms with Crippen LogP contribution < -0.4 is 15.6 Å². The molecule has 0 saturated heterocycles. The molecule has 1 amide bonds. The highest BCUT2D eigenvalue weighted by Crippen LogP contribution is 2.13. The first-order chi connectivity index (χ1) is 16.5. The maximum Gasteiger partial charge on any atom is 0.264 e. The van der Waals surface area contributed by atoms with Crippen molar-refractivity contribution >= 4 is 28.5 Å². The molecule has 2 aromatic carbocycles. The largest absolute Gasteiger partial charge is 0.494 e. The van der Waals surface area contributed by atoms with Crippen LogP contribution in [0.15, 0.2) is 65.8 Å². The molecule has 9 heteroatoms. The Kier molecular flexibility index (Phi) is 7.59. The lowest BCUT2D eigenvalue weighted by molar-refractivity contribution is 0.0952. The summed E-state index contributed by atoms with van der Waals surface area (Å²) in [5.41, 5.74) is 1.82. The number of hydrogen-bond acceptors (Lipinski definition) is 5. The molecule has 0 aliphatic rings. The summed E-state index contributed by atoms with van der Waals surface area (Å²) in [5.74, 6) is 0.565. The SMILES string of the molecule is CCCCOc1ccc(C(=O)NCCn2ncc3c(=O)n(Cc4ccc(Cl)cc4)cnc32)cc1. The number of benzene rings is 2. The number of nitrogens with zero attached hydrogens (tertiary/aromatic N) is 4. The van der Waals surface area contributed by atoms with Crippen molar-refractivity contribution in [2.75, 3.05) is 13.2 Å². The first-order valence-corrected chi connectivity index (χ1v) is 11.6. The van der Waals surface area contributed by atoms with Crippen LogP contribution in [0.5, 0.6) is 5.75 Å². The van der Waals surface area contributed by atoms with Crippen LogP contribution in [0.4, 0.5) is 0 Å². The monoisotopic (exact) mass is 479 g/mol. The number of carbonyl (C=O) groups is 1. The van der Waals surface area contributed by atoms with E-state index in [1.807, 2.05) is 12.1 Å². The summed E-state index contributed by atoms with van der Waals surface area (Å²) in [7, 11) is 0. The third kappa shape index (κ3) is 5.63. The second kappa shape index (κ2) is 11.0. The molecule has 2 heterocycles. The van der Waals surface area contributed by atoms with Crippen molar-refractivity contribution in [2.24, 2.45) is 0 Å². The lowest BCUT2D eigenvalue weighted by atomic mass is 10.2. The molecule has 1 N–H and O–H groups in total. The van der Waals surface area contributed by atoms with Crippen molar-refractivity contribution < 1.29 is 9.53 Å². The molecule has 0 saturated carbocycles. The van der Waals surface area contributed by atoms with E-state index in [-0.39, 0.29) is 11.5 Å². The molecule has 176 valence electrons. The average Bonchev–Trinajstić information content (AvgIpc) is 3.26. The fourth-order valence-electron chi connectivity index (χ4n) is 3.47. The van der Waals surface area contributed by atoms with Crippen LogP contribution >= 0.6 is 11.6 Å². The minimum Gasteiger partial charge on any atom is -0.494 e. The molecule has 0 unspecified atom stereocenters. The van der Waals surface area contributed by atoms with E-state index < -0.39 is 0 Å². The summed E-state index contributed by atoms with van der Waals surface area (Å²) in [6.45, 7) is 3.90. The Morgan fingerprint density at radius 2 is 1.88 bits per heavy atom. The van der Waals surface area contributed by atoms with E-state index in [9.17, 15) is 9.59 Å². The first-order valence-electron chi connectivity index (χ1n) is 11.2. The van der Waals surface area contributed by atoms with Gasteiger partial charge in [-0.05, 0) is 48.4 Å². The standard InChI is InChI=1S/C25H26ClN5O3/c1-2-3-14-34-21-10-6-19(7-11-21)24(32)27-12-13-31-23-22(15-29-31)25(33)30(17-28-23)16-18-4-8-20(26)9-5-18/h4-11,15,17H,2-3,12-14,16H2,1H3,(H,27,32). The van der Waals surface area contributed by atoms with Crippen molar-refractivity contribution in [2.45, 2.75) is 32.9 Å². The predicted octanol–water partition coefficient (Wildman–Crippen LogP) is 3.90. The Morgan fingerprint density at radius 3 is 2.62 bits per heavy atom. The predicted molar refractivity (Wildman–Crippen MR) is 132 cm³/mol. The van der Waals surface area contributed by atoms with Crippen molar-refractivity contribution in [3.63, 3.8) is 0 Å². The molecule has 0 radical (unpaired) electrons. The van der Waals surface area contributed by atoms with Crippen LogP contribution in [0.25, 0.3) is 11.0 Å². The molecule has 4 rings (SSSR count). The second-order valence-corrected chi connectivity index (χ2v) is 8.33. The van der Waals surface area contributed by atoms with E-state index >= 15 is 0 Å².